The minimum absolute atomic E-state index is 0.0963. The summed E-state index contributed by atoms with van der Waals surface area (Å²) in [5.41, 5.74) is 1.18. The summed E-state index contributed by atoms with van der Waals surface area (Å²) < 4.78 is 64.9. The van der Waals surface area contributed by atoms with Gasteiger partial charge in [0.15, 0.2) is 0 Å². The van der Waals surface area contributed by atoms with Crippen LogP contribution in [0.5, 0.6) is 0 Å². The molecule has 2 atom stereocenters. The first-order valence-corrected chi connectivity index (χ1v) is 13.3. The van der Waals surface area contributed by atoms with Gasteiger partial charge in [-0.25, -0.2) is 13.8 Å². The van der Waals surface area contributed by atoms with Crippen molar-refractivity contribution < 1.29 is 31.5 Å². The lowest BCUT2D eigenvalue weighted by Gasteiger charge is -2.18. The molecule has 6 nitrogen and oxygen atoms in total. The zero-order valence-electron chi connectivity index (χ0n) is 22.8. The molecule has 11 heteroatoms. The quantitative estimate of drug-likeness (QED) is 0.220. The van der Waals surface area contributed by atoms with Gasteiger partial charge in [-0.2, -0.15) is 13.2 Å². The van der Waals surface area contributed by atoms with Crippen molar-refractivity contribution in [2.75, 3.05) is 5.32 Å². The first-order valence-electron chi connectivity index (χ1n) is 13.3. The smallest absolute Gasteiger partial charge is 0.344 e. The van der Waals surface area contributed by atoms with E-state index in [2.05, 4.69) is 20.9 Å². The Balaban J connectivity index is 1.45. The Bertz CT molecular complexity index is 1280. The van der Waals surface area contributed by atoms with E-state index in [1.54, 1.807) is 12.3 Å². The van der Waals surface area contributed by atoms with Crippen molar-refractivity contribution in [3.05, 3.63) is 94.7 Å². The number of aromatic nitrogens is 1. The third-order valence-electron chi connectivity index (χ3n) is 6.39. The van der Waals surface area contributed by atoms with Crippen LogP contribution >= 0.6 is 0 Å². The number of halogens is 5. The van der Waals surface area contributed by atoms with E-state index in [9.17, 15) is 31.5 Å². The molecule has 3 rings (SSSR count). The number of aryl methyl sites for hydroxylation is 1. The average Bonchev–Trinajstić information content (AvgIpc) is 2.90. The minimum Gasteiger partial charge on any atom is -0.344 e. The lowest BCUT2D eigenvalue weighted by Crippen LogP contribution is -2.44. The van der Waals surface area contributed by atoms with E-state index < -0.39 is 41.2 Å². The Hall–Kier alpha value is -3.86. The SMILES string of the molecule is CCCC(NC(=O)Cc1cc(F)cc(F)c1)C(=O)Nc1ccc(CCC(C)NCc2ccc(C(F)(F)F)cc2)cn1. The fraction of sp³-hybridized carbons (Fsp3) is 0.367. The van der Waals surface area contributed by atoms with Gasteiger partial charge < -0.3 is 16.0 Å². The van der Waals surface area contributed by atoms with Gasteiger partial charge in [0.05, 0.1) is 12.0 Å². The summed E-state index contributed by atoms with van der Waals surface area (Å²) in [6, 6.07) is 10.7. The van der Waals surface area contributed by atoms with Crippen LogP contribution in [0.2, 0.25) is 0 Å². The maximum absolute atomic E-state index is 13.4. The Morgan fingerprint density at radius 2 is 1.56 bits per heavy atom. The number of amides is 2. The van der Waals surface area contributed by atoms with Crippen LogP contribution in [0.4, 0.5) is 27.8 Å². The highest BCUT2D eigenvalue weighted by Crippen LogP contribution is 2.29. The van der Waals surface area contributed by atoms with Crippen LogP contribution in [-0.2, 0) is 35.2 Å². The fourth-order valence-corrected chi connectivity index (χ4v) is 4.15. The number of alkyl halides is 3. The summed E-state index contributed by atoms with van der Waals surface area (Å²) in [5.74, 6) is -2.24. The monoisotopic (exact) mass is 576 g/mol. The van der Waals surface area contributed by atoms with Gasteiger partial charge in [-0.1, -0.05) is 31.5 Å². The Labute approximate surface area is 235 Å². The normalized spacial score (nSPS) is 13.0. The topological polar surface area (TPSA) is 83.1 Å². The number of hydrogen-bond acceptors (Lipinski definition) is 4. The fourth-order valence-electron chi connectivity index (χ4n) is 4.15. The highest BCUT2D eigenvalue weighted by Gasteiger charge is 2.29. The van der Waals surface area contributed by atoms with E-state index >= 15 is 0 Å². The van der Waals surface area contributed by atoms with Crippen molar-refractivity contribution in [1.29, 1.82) is 0 Å². The molecule has 0 saturated heterocycles. The maximum Gasteiger partial charge on any atom is 0.416 e. The second kappa shape index (κ2) is 14.7. The molecule has 3 aromatic rings. The van der Waals surface area contributed by atoms with Crippen LogP contribution in [0.1, 0.15) is 55.4 Å². The second-order valence-electron chi connectivity index (χ2n) is 9.92. The van der Waals surface area contributed by atoms with E-state index in [0.717, 1.165) is 47.9 Å². The number of anilines is 1. The number of hydrogen-bond donors (Lipinski definition) is 3. The van der Waals surface area contributed by atoms with Gasteiger partial charge in [0.25, 0.3) is 0 Å². The third-order valence-corrected chi connectivity index (χ3v) is 6.39. The van der Waals surface area contributed by atoms with E-state index in [0.29, 0.717) is 31.6 Å². The molecule has 0 bridgehead atoms. The maximum atomic E-state index is 13.4. The highest BCUT2D eigenvalue weighted by molar-refractivity contribution is 5.96. The van der Waals surface area contributed by atoms with Crippen molar-refractivity contribution in [1.82, 2.24) is 15.6 Å². The highest BCUT2D eigenvalue weighted by atomic mass is 19.4. The predicted molar refractivity (Wildman–Crippen MR) is 146 cm³/mol. The molecule has 0 aliphatic heterocycles. The van der Waals surface area contributed by atoms with Crippen LogP contribution in [0.15, 0.2) is 60.8 Å². The van der Waals surface area contributed by atoms with Crippen molar-refractivity contribution in [3.63, 3.8) is 0 Å². The summed E-state index contributed by atoms with van der Waals surface area (Å²) in [7, 11) is 0. The lowest BCUT2D eigenvalue weighted by molar-refractivity contribution is -0.137. The number of nitrogens with one attached hydrogen (secondary N) is 3. The van der Waals surface area contributed by atoms with Crippen LogP contribution in [0.25, 0.3) is 0 Å². The van der Waals surface area contributed by atoms with Crippen molar-refractivity contribution in [2.24, 2.45) is 0 Å². The van der Waals surface area contributed by atoms with E-state index in [1.165, 1.54) is 12.1 Å². The summed E-state index contributed by atoms with van der Waals surface area (Å²) in [6.07, 6.45) is -0.551. The van der Waals surface area contributed by atoms with E-state index in [4.69, 9.17) is 0 Å². The molecule has 1 aromatic heterocycles. The molecule has 2 unspecified atom stereocenters. The molecule has 2 aromatic carbocycles. The predicted octanol–water partition coefficient (Wildman–Crippen LogP) is 5.96. The molecule has 0 fully saturated rings. The molecule has 41 heavy (non-hydrogen) atoms. The number of nitrogens with zero attached hydrogens (tertiary/aromatic N) is 1. The molecule has 220 valence electrons. The number of pyridine rings is 1. The summed E-state index contributed by atoms with van der Waals surface area (Å²) in [5, 5.41) is 8.61. The first kappa shape index (κ1) is 31.7. The molecule has 0 spiro atoms. The van der Waals surface area contributed by atoms with Crippen molar-refractivity contribution >= 4 is 17.6 Å². The minimum atomic E-state index is -4.35. The van der Waals surface area contributed by atoms with Gasteiger partial charge in [-0.15, -0.1) is 0 Å². The molecule has 0 saturated carbocycles. The summed E-state index contributed by atoms with van der Waals surface area (Å²) >= 11 is 0. The molecular weight excluding hydrogens is 543 g/mol. The van der Waals surface area contributed by atoms with Gasteiger partial charge in [0.1, 0.15) is 23.5 Å². The van der Waals surface area contributed by atoms with Gasteiger partial charge in [0, 0.05) is 24.8 Å². The van der Waals surface area contributed by atoms with Gasteiger partial charge in [-0.05, 0) is 73.2 Å². The largest absolute Gasteiger partial charge is 0.416 e. The average molecular weight is 577 g/mol. The van der Waals surface area contributed by atoms with Gasteiger partial charge in [0.2, 0.25) is 11.8 Å². The van der Waals surface area contributed by atoms with Gasteiger partial charge in [-0.3, -0.25) is 9.59 Å². The zero-order valence-corrected chi connectivity index (χ0v) is 22.8. The first-order chi connectivity index (χ1) is 19.4. The number of benzene rings is 2. The molecule has 2 amide bonds. The summed E-state index contributed by atoms with van der Waals surface area (Å²) in [4.78, 5) is 29.5. The molecule has 3 N–H and O–H groups in total. The van der Waals surface area contributed by atoms with Crippen LogP contribution < -0.4 is 16.0 Å². The lowest BCUT2D eigenvalue weighted by atomic mass is 10.1. The second-order valence-corrected chi connectivity index (χ2v) is 9.92. The Morgan fingerprint density at radius 3 is 2.15 bits per heavy atom. The molecule has 1 heterocycles. The van der Waals surface area contributed by atoms with Crippen molar-refractivity contribution in [2.45, 2.75) is 70.8 Å². The number of rotatable bonds is 13. The standard InChI is InChI=1S/C30H33F5N4O2/c1-3-4-26(38-28(40)15-22-13-24(31)16-25(32)14-22)29(41)39-27-12-9-20(18-37-27)6-5-19(2)36-17-21-7-10-23(11-8-21)30(33,34)35/h7-14,16,18-19,26,36H,3-6,15,17H2,1-2H3,(H,38,40)(H,37,39,41). The van der Waals surface area contributed by atoms with E-state index in [-0.39, 0.29) is 18.0 Å². The van der Waals surface area contributed by atoms with Gasteiger partial charge >= 0.3 is 6.18 Å². The number of carbonyl (C=O) groups is 2. The van der Waals surface area contributed by atoms with E-state index in [1.807, 2.05) is 19.9 Å². The number of carbonyl (C=O) groups excluding carboxylic acids is 2. The Kier molecular flexibility index (Phi) is 11.3. The van der Waals surface area contributed by atoms with Crippen LogP contribution in [0, 0.1) is 11.6 Å². The summed E-state index contributed by atoms with van der Waals surface area (Å²) in [6.45, 7) is 4.29. The Morgan fingerprint density at radius 1 is 0.902 bits per heavy atom. The molecule has 0 aliphatic rings. The third kappa shape index (κ3) is 10.6. The molecule has 0 radical (unpaired) electrons. The molecular formula is C30H33F5N4O2. The van der Waals surface area contributed by atoms with Crippen LogP contribution in [-0.4, -0.2) is 28.9 Å². The zero-order chi connectivity index (χ0) is 30.0. The van der Waals surface area contributed by atoms with Crippen molar-refractivity contribution in [3.8, 4) is 0 Å². The van der Waals surface area contributed by atoms with Crippen LogP contribution in [0.3, 0.4) is 0 Å². The molecule has 0 aliphatic carbocycles.